The molecule has 2 N–H and O–H groups in total. The number of benzene rings is 2. The minimum atomic E-state index is -0.282. The van der Waals surface area contributed by atoms with Crippen molar-refractivity contribution in [3.63, 3.8) is 0 Å². The summed E-state index contributed by atoms with van der Waals surface area (Å²) in [5.74, 6) is 0.837. The molecule has 1 amide bonds. The Morgan fingerprint density at radius 2 is 1.95 bits per heavy atom. The maximum absolute atomic E-state index is 14.7. The van der Waals surface area contributed by atoms with Gasteiger partial charge in [-0.25, -0.2) is 4.39 Å². The lowest BCUT2D eigenvalue weighted by atomic mass is 9.68. The summed E-state index contributed by atoms with van der Waals surface area (Å²) in [5.41, 5.74) is 3.60. The van der Waals surface area contributed by atoms with Crippen LogP contribution in [0.1, 0.15) is 48.5 Å². The lowest BCUT2D eigenvalue weighted by Gasteiger charge is -2.50. The zero-order valence-electron chi connectivity index (χ0n) is 21.9. The summed E-state index contributed by atoms with van der Waals surface area (Å²) < 4.78 is 25.7. The van der Waals surface area contributed by atoms with E-state index in [-0.39, 0.29) is 35.7 Å². The summed E-state index contributed by atoms with van der Waals surface area (Å²) in [6.45, 7) is 3.72. The number of aromatic nitrogens is 1. The zero-order valence-corrected chi connectivity index (χ0v) is 21.9. The summed E-state index contributed by atoms with van der Waals surface area (Å²) >= 11 is 0. The van der Waals surface area contributed by atoms with E-state index in [0.717, 1.165) is 48.0 Å². The van der Waals surface area contributed by atoms with Gasteiger partial charge in [0, 0.05) is 79.0 Å². The molecule has 1 atom stereocenters. The summed E-state index contributed by atoms with van der Waals surface area (Å²) in [6, 6.07) is 12.7. The standard InChI is InChI=1S/C30H36FN3O4/c1-37-22-6-7-23-25(16-22)32-28-26(18-35)34(17-21-4-2-3-5-24(21)31)19-30(27(23)28)10-12-33(13-11-30)29(36)20-8-14-38-15-9-20/h2-7,16,20,26,32,35H,8-15,17-19H2,1H3/t26-/m1/s1. The largest absolute Gasteiger partial charge is 0.497 e. The molecule has 3 aromatic rings. The normalized spacial score (nSPS) is 22.1. The molecule has 3 aliphatic heterocycles. The molecule has 1 spiro atoms. The predicted octanol–water partition coefficient (Wildman–Crippen LogP) is 4.15. The lowest BCUT2D eigenvalue weighted by Crippen LogP contribution is -2.55. The van der Waals surface area contributed by atoms with Crippen molar-refractivity contribution in [2.75, 3.05) is 46.6 Å². The van der Waals surface area contributed by atoms with Crippen LogP contribution in [0.5, 0.6) is 5.75 Å². The van der Waals surface area contributed by atoms with Gasteiger partial charge in [-0.05, 0) is 49.4 Å². The lowest BCUT2D eigenvalue weighted by molar-refractivity contribution is -0.140. The molecule has 6 rings (SSSR count). The highest BCUT2D eigenvalue weighted by molar-refractivity contribution is 5.88. The van der Waals surface area contributed by atoms with Crippen molar-refractivity contribution in [3.8, 4) is 5.75 Å². The molecule has 0 saturated carbocycles. The Labute approximate surface area is 222 Å². The van der Waals surface area contributed by atoms with Crippen molar-refractivity contribution in [2.24, 2.45) is 5.92 Å². The molecule has 7 nitrogen and oxygen atoms in total. The van der Waals surface area contributed by atoms with Crippen molar-refractivity contribution < 1.29 is 23.8 Å². The second kappa shape index (κ2) is 10.3. The van der Waals surface area contributed by atoms with Gasteiger partial charge >= 0.3 is 0 Å². The van der Waals surface area contributed by atoms with E-state index in [0.29, 0.717) is 45.0 Å². The molecule has 4 heterocycles. The van der Waals surface area contributed by atoms with Crippen LogP contribution in [0.3, 0.4) is 0 Å². The van der Waals surface area contributed by atoms with Crippen molar-refractivity contribution >= 4 is 16.8 Å². The predicted molar refractivity (Wildman–Crippen MR) is 143 cm³/mol. The highest BCUT2D eigenvalue weighted by Crippen LogP contribution is 2.49. The third kappa shape index (κ3) is 4.38. The molecule has 0 radical (unpaired) electrons. The Morgan fingerprint density at radius 3 is 2.66 bits per heavy atom. The average molecular weight is 522 g/mol. The van der Waals surface area contributed by atoms with E-state index in [4.69, 9.17) is 9.47 Å². The van der Waals surface area contributed by atoms with Gasteiger partial charge in [-0.3, -0.25) is 9.69 Å². The number of methoxy groups -OCH3 is 1. The average Bonchev–Trinajstić information content (AvgIpc) is 3.34. The number of hydrogen-bond acceptors (Lipinski definition) is 5. The Kier molecular flexibility index (Phi) is 6.88. The van der Waals surface area contributed by atoms with Crippen molar-refractivity contribution in [2.45, 2.75) is 43.7 Å². The number of carbonyl (C=O) groups is 1. The topological polar surface area (TPSA) is 78.0 Å². The molecule has 8 heteroatoms. The number of hydrogen-bond donors (Lipinski definition) is 2. The van der Waals surface area contributed by atoms with Gasteiger partial charge in [-0.15, -0.1) is 0 Å². The number of aliphatic hydroxyl groups excluding tert-OH is 1. The van der Waals surface area contributed by atoms with Crippen molar-refractivity contribution in [1.29, 1.82) is 0 Å². The van der Waals surface area contributed by atoms with Crippen LogP contribution in [-0.4, -0.2) is 72.4 Å². The fourth-order valence-electron chi connectivity index (χ4n) is 6.89. The van der Waals surface area contributed by atoms with Gasteiger partial charge in [-0.1, -0.05) is 18.2 Å². The first-order valence-corrected chi connectivity index (χ1v) is 13.7. The smallest absolute Gasteiger partial charge is 0.225 e. The van der Waals surface area contributed by atoms with Crippen LogP contribution in [0.25, 0.3) is 10.9 Å². The molecule has 38 heavy (non-hydrogen) atoms. The van der Waals surface area contributed by atoms with Crippen molar-refractivity contribution in [1.82, 2.24) is 14.8 Å². The Morgan fingerprint density at radius 1 is 1.18 bits per heavy atom. The molecule has 0 unspecified atom stereocenters. The maximum Gasteiger partial charge on any atom is 0.225 e. The summed E-state index contributed by atoms with van der Waals surface area (Å²) in [7, 11) is 1.66. The zero-order chi connectivity index (χ0) is 26.3. The van der Waals surface area contributed by atoms with Gasteiger partial charge in [0.1, 0.15) is 11.6 Å². The molecule has 3 aliphatic rings. The molecular formula is C30H36FN3O4. The molecule has 2 saturated heterocycles. The Balaban J connectivity index is 1.37. The number of amides is 1. The quantitative estimate of drug-likeness (QED) is 0.528. The Bertz CT molecular complexity index is 1310. The third-order valence-corrected chi connectivity index (χ3v) is 8.95. The van der Waals surface area contributed by atoms with E-state index in [9.17, 15) is 14.3 Å². The minimum Gasteiger partial charge on any atom is -0.497 e. The number of fused-ring (bicyclic) bond motifs is 4. The van der Waals surface area contributed by atoms with E-state index >= 15 is 0 Å². The number of H-pyrrole nitrogens is 1. The first-order chi connectivity index (χ1) is 18.5. The number of ether oxygens (including phenoxy) is 2. The number of halogens is 1. The summed E-state index contributed by atoms with van der Waals surface area (Å²) in [6.07, 6.45) is 3.23. The van der Waals surface area contributed by atoms with E-state index in [2.05, 4.69) is 16.0 Å². The minimum absolute atomic E-state index is 0.0524. The van der Waals surface area contributed by atoms with Crippen LogP contribution in [-0.2, 0) is 21.5 Å². The molecule has 1 aromatic heterocycles. The van der Waals surface area contributed by atoms with Gasteiger partial charge in [0.25, 0.3) is 0 Å². The summed E-state index contributed by atoms with van der Waals surface area (Å²) in [4.78, 5) is 21.2. The fraction of sp³-hybridized carbons (Fsp3) is 0.500. The second-order valence-corrected chi connectivity index (χ2v) is 11.0. The van der Waals surface area contributed by atoms with Gasteiger partial charge in [0.15, 0.2) is 0 Å². The van der Waals surface area contributed by atoms with Gasteiger partial charge < -0.3 is 24.5 Å². The number of piperidine rings is 1. The van der Waals surface area contributed by atoms with Crippen molar-refractivity contribution in [3.05, 3.63) is 65.1 Å². The van der Waals surface area contributed by atoms with Gasteiger partial charge in [0.05, 0.1) is 19.8 Å². The number of aliphatic hydroxyl groups is 1. The number of nitrogens with zero attached hydrogens (tertiary/aromatic N) is 2. The number of likely N-dealkylation sites (tertiary alicyclic amines) is 1. The van der Waals surface area contributed by atoms with Crippen LogP contribution >= 0.6 is 0 Å². The number of aromatic amines is 1. The summed E-state index contributed by atoms with van der Waals surface area (Å²) in [5, 5.41) is 11.7. The van der Waals surface area contributed by atoms with E-state index < -0.39 is 0 Å². The van der Waals surface area contributed by atoms with E-state index in [1.807, 2.05) is 29.2 Å². The molecule has 202 valence electrons. The number of rotatable bonds is 5. The van der Waals surface area contributed by atoms with Gasteiger partial charge in [0.2, 0.25) is 5.91 Å². The van der Waals surface area contributed by atoms with E-state index in [1.54, 1.807) is 13.2 Å². The third-order valence-electron chi connectivity index (χ3n) is 8.95. The Hall–Kier alpha value is -2.94. The first kappa shape index (κ1) is 25.3. The monoisotopic (exact) mass is 521 g/mol. The number of nitrogens with one attached hydrogen (secondary N) is 1. The van der Waals surface area contributed by atoms with Gasteiger partial charge in [-0.2, -0.15) is 0 Å². The maximum atomic E-state index is 14.7. The second-order valence-electron chi connectivity index (χ2n) is 11.0. The molecule has 2 aromatic carbocycles. The van der Waals surface area contributed by atoms with Crippen LogP contribution in [0, 0.1) is 11.7 Å². The van der Waals surface area contributed by atoms with Crippen LogP contribution in [0.2, 0.25) is 0 Å². The highest BCUT2D eigenvalue weighted by atomic mass is 19.1. The van der Waals surface area contributed by atoms with E-state index in [1.165, 1.54) is 11.6 Å². The highest BCUT2D eigenvalue weighted by Gasteiger charge is 2.48. The van der Waals surface area contributed by atoms with Crippen LogP contribution < -0.4 is 4.74 Å². The SMILES string of the molecule is COc1ccc2c3c([nH]c2c1)[C@@H](CO)N(Cc1ccccc1F)CC31CCN(C(=O)C2CCOCC2)CC1. The number of carbonyl (C=O) groups excluding carboxylic acids is 1. The molecule has 2 fully saturated rings. The molecular weight excluding hydrogens is 485 g/mol. The van der Waals surface area contributed by atoms with Crippen LogP contribution in [0.15, 0.2) is 42.5 Å². The van der Waals surface area contributed by atoms with Crippen LogP contribution in [0.4, 0.5) is 4.39 Å². The molecule has 0 bridgehead atoms. The molecule has 0 aliphatic carbocycles. The first-order valence-electron chi connectivity index (χ1n) is 13.7. The fourth-order valence-corrected chi connectivity index (χ4v) is 6.89.